The topological polar surface area (TPSA) is 75.4 Å². The van der Waals surface area contributed by atoms with Crippen molar-refractivity contribution in [3.63, 3.8) is 0 Å². The molecule has 0 unspecified atom stereocenters. The second kappa shape index (κ2) is 5.24. The minimum atomic E-state index is -0.360. The van der Waals surface area contributed by atoms with E-state index < -0.39 is 0 Å². The van der Waals surface area contributed by atoms with Crippen molar-refractivity contribution >= 4 is 11.8 Å². The van der Waals surface area contributed by atoms with E-state index in [0.717, 1.165) is 5.56 Å². The van der Waals surface area contributed by atoms with Crippen LogP contribution in [0.3, 0.4) is 0 Å². The van der Waals surface area contributed by atoms with Crippen LogP contribution < -0.4 is 11.1 Å². The number of hydrogen-bond donors (Lipinski definition) is 2. The van der Waals surface area contributed by atoms with Crippen LogP contribution in [0.2, 0.25) is 0 Å². The number of carbonyl (C=O) groups is 2. The molecule has 0 aromatic heterocycles. The van der Waals surface area contributed by atoms with Gasteiger partial charge in [-0.25, -0.2) is 4.39 Å². The van der Waals surface area contributed by atoms with E-state index in [1.807, 2.05) is 0 Å². The van der Waals surface area contributed by atoms with Gasteiger partial charge < -0.3 is 5.73 Å². The maximum absolute atomic E-state index is 13.6. The molecule has 2 rings (SSSR count). The number of amides is 2. The number of nitrogens with zero attached hydrogens (tertiary/aromatic N) is 1. The first-order chi connectivity index (χ1) is 8.58. The van der Waals surface area contributed by atoms with Crippen LogP contribution in [0.4, 0.5) is 4.39 Å². The Morgan fingerprint density at radius 2 is 1.94 bits per heavy atom. The summed E-state index contributed by atoms with van der Waals surface area (Å²) in [6.45, 7) is 0.738. The highest BCUT2D eigenvalue weighted by molar-refractivity contribution is 5.99. The molecule has 18 heavy (non-hydrogen) atoms. The van der Waals surface area contributed by atoms with Gasteiger partial charge in [-0.2, -0.15) is 0 Å². The lowest BCUT2D eigenvalue weighted by atomic mass is 10.1. The fraction of sp³-hybridized carbons (Fsp3) is 0.333. The van der Waals surface area contributed by atoms with Crippen molar-refractivity contribution in [3.8, 4) is 0 Å². The molecular weight excluding hydrogens is 237 g/mol. The zero-order valence-corrected chi connectivity index (χ0v) is 9.78. The van der Waals surface area contributed by atoms with Gasteiger partial charge in [0.25, 0.3) is 0 Å². The molecule has 5 nitrogen and oxygen atoms in total. The van der Waals surface area contributed by atoms with Crippen LogP contribution in [0.1, 0.15) is 11.1 Å². The van der Waals surface area contributed by atoms with Gasteiger partial charge in [0.2, 0.25) is 11.8 Å². The van der Waals surface area contributed by atoms with Crippen molar-refractivity contribution in [2.75, 3.05) is 13.1 Å². The van der Waals surface area contributed by atoms with Crippen LogP contribution in [-0.2, 0) is 22.7 Å². The summed E-state index contributed by atoms with van der Waals surface area (Å²) in [5, 5.41) is 2.20. The molecule has 0 radical (unpaired) electrons. The smallest absolute Gasteiger partial charge is 0.240 e. The Morgan fingerprint density at radius 1 is 1.28 bits per heavy atom. The summed E-state index contributed by atoms with van der Waals surface area (Å²) in [5.74, 6) is -1.08. The fourth-order valence-corrected chi connectivity index (χ4v) is 1.93. The molecule has 1 saturated heterocycles. The zero-order chi connectivity index (χ0) is 13.1. The quantitative estimate of drug-likeness (QED) is 0.726. The zero-order valence-electron chi connectivity index (χ0n) is 9.78. The molecule has 1 aliphatic heterocycles. The Balaban J connectivity index is 2.13. The Bertz CT molecular complexity index is 474. The molecule has 3 N–H and O–H groups in total. The molecule has 6 heteroatoms. The van der Waals surface area contributed by atoms with E-state index in [2.05, 4.69) is 5.32 Å². The Labute approximate surface area is 104 Å². The van der Waals surface area contributed by atoms with E-state index in [9.17, 15) is 14.0 Å². The van der Waals surface area contributed by atoms with Crippen molar-refractivity contribution in [3.05, 3.63) is 35.1 Å². The number of piperazine rings is 1. The van der Waals surface area contributed by atoms with Crippen molar-refractivity contribution < 1.29 is 14.0 Å². The van der Waals surface area contributed by atoms with Gasteiger partial charge >= 0.3 is 0 Å². The lowest BCUT2D eigenvalue weighted by Crippen LogP contribution is -2.50. The van der Waals surface area contributed by atoms with Crippen LogP contribution in [-0.4, -0.2) is 29.8 Å². The van der Waals surface area contributed by atoms with E-state index in [-0.39, 0.29) is 37.3 Å². The Kier molecular flexibility index (Phi) is 3.69. The molecule has 0 atom stereocenters. The summed E-state index contributed by atoms with van der Waals surface area (Å²) in [5.41, 5.74) is 6.76. The van der Waals surface area contributed by atoms with Crippen LogP contribution in [0, 0.1) is 5.82 Å². The average molecular weight is 251 g/mol. The number of carbonyl (C=O) groups excluding carboxylic acids is 2. The SMILES string of the molecule is NCc1ccc(F)c(CN2CC(=O)NC(=O)C2)c1. The third kappa shape index (κ3) is 2.91. The van der Waals surface area contributed by atoms with Gasteiger partial charge in [-0.05, 0) is 11.6 Å². The first kappa shape index (κ1) is 12.7. The van der Waals surface area contributed by atoms with E-state index in [4.69, 9.17) is 5.73 Å². The largest absolute Gasteiger partial charge is 0.326 e. The minimum absolute atomic E-state index is 0.0953. The highest BCUT2D eigenvalue weighted by Gasteiger charge is 2.23. The van der Waals surface area contributed by atoms with E-state index in [0.29, 0.717) is 12.1 Å². The lowest BCUT2D eigenvalue weighted by molar-refractivity contribution is -0.136. The highest BCUT2D eigenvalue weighted by atomic mass is 19.1. The van der Waals surface area contributed by atoms with Crippen LogP contribution >= 0.6 is 0 Å². The normalized spacial score (nSPS) is 16.8. The summed E-state index contributed by atoms with van der Waals surface area (Å²) in [6.07, 6.45) is 0. The second-order valence-corrected chi connectivity index (χ2v) is 4.25. The maximum Gasteiger partial charge on any atom is 0.240 e. The standard InChI is InChI=1S/C12H14FN3O2/c13-10-2-1-8(4-14)3-9(10)5-16-6-11(17)15-12(18)7-16/h1-3H,4-7,14H2,(H,15,17,18). The number of nitrogens with one attached hydrogen (secondary N) is 1. The van der Waals surface area contributed by atoms with Gasteiger partial charge in [0.15, 0.2) is 0 Å². The number of halogens is 1. The molecule has 2 amide bonds. The summed E-state index contributed by atoms with van der Waals surface area (Å²) < 4.78 is 13.6. The van der Waals surface area contributed by atoms with Gasteiger partial charge in [-0.3, -0.25) is 19.8 Å². The lowest BCUT2D eigenvalue weighted by Gasteiger charge is -2.25. The Morgan fingerprint density at radius 3 is 2.56 bits per heavy atom. The third-order valence-electron chi connectivity index (χ3n) is 2.75. The predicted molar refractivity (Wildman–Crippen MR) is 62.7 cm³/mol. The molecule has 0 spiro atoms. The minimum Gasteiger partial charge on any atom is -0.326 e. The summed E-state index contributed by atoms with van der Waals surface area (Å²) in [7, 11) is 0. The van der Waals surface area contributed by atoms with Crippen LogP contribution in [0.15, 0.2) is 18.2 Å². The molecule has 1 fully saturated rings. The highest BCUT2D eigenvalue weighted by Crippen LogP contribution is 2.13. The first-order valence-electron chi connectivity index (χ1n) is 5.61. The number of benzene rings is 1. The van der Waals surface area contributed by atoms with Gasteiger partial charge in [0.1, 0.15) is 5.82 Å². The van der Waals surface area contributed by atoms with Gasteiger partial charge in [0, 0.05) is 18.7 Å². The fourth-order valence-electron chi connectivity index (χ4n) is 1.93. The second-order valence-electron chi connectivity index (χ2n) is 4.25. The van der Waals surface area contributed by atoms with Crippen molar-refractivity contribution in [1.29, 1.82) is 0 Å². The van der Waals surface area contributed by atoms with E-state index in [1.54, 1.807) is 17.0 Å². The van der Waals surface area contributed by atoms with E-state index in [1.165, 1.54) is 6.07 Å². The molecule has 1 aromatic rings. The number of imide groups is 1. The molecule has 0 saturated carbocycles. The third-order valence-corrected chi connectivity index (χ3v) is 2.75. The predicted octanol–water partition coefficient (Wildman–Crippen LogP) is -0.257. The Hall–Kier alpha value is -1.79. The number of rotatable bonds is 3. The molecule has 1 aliphatic rings. The van der Waals surface area contributed by atoms with Crippen LogP contribution in [0.25, 0.3) is 0 Å². The van der Waals surface area contributed by atoms with Gasteiger partial charge in [-0.15, -0.1) is 0 Å². The van der Waals surface area contributed by atoms with Crippen molar-refractivity contribution in [1.82, 2.24) is 10.2 Å². The maximum atomic E-state index is 13.6. The molecule has 0 aliphatic carbocycles. The average Bonchev–Trinajstić information content (AvgIpc) is 2.30. The molecule has 96 valence electrons. The molecule has 1 heterocycles. The molecule has 0 bridgehead atoms. The summed E-state index contributed by atoms with van der Waals surface area (Å²) in [4.78, 5) is 24.0. The molecular formula is C12H14FN3O2. The number of nitrogens with two attached hydrogens (primary N) is 1. The molecule has 1 aromatic carbocycles. The van der Waals surface area contributed by atoms with Gasteiger partial charge in [0.05, 0.1) is 13.1 Å². The van der Waals surface area contributed by atoms with E-state index >= 15 is 0 Å². The summed E-state index contributed by atoms with van der Waals surface area (Å²) in [6, 6.07) is 4.63. The number of hydrogen-bond acceptors (Lipinski definition) is 4. The van der Waals surface area contributed by atoms with Gasteiger partial charge in [-0.1, -0.05) is 12.1 Å². The van der Waals surface area contributed by atoms with Crippen molar-refractivity contribution in [2.24, 2.45) is 5.73 Å². The summed E-state index contributed by atoms with van der Waals surface area (Å²) >= 11 is 0. The monoisotopic (exact) mass is 251 g/mol. The van der Waals surface area contributed by atoms with Crippen molar-refractivity contribution in [2.45, 2.75) is 13.1 Å². The van der Waals surface area contributed by atoms with Crippen LogP contribution in [0.5, 0.6) is 0 Å². The first-order valence-corrected chi connectivity index (χ1v) is 5.61.